The largest absolute Gasteiger partial charge is 0.352 e. The fourth-order valence-electron chi connectivity index (χ4n) is 2.10. The number of nitrogens with two attached hydrogens (primary N) is 1. The highest BCUT2D eigenvalue weighted by molar-refractivity contribution is 5.78. The SMILES string of the molecule is CCN(CC(=O)NC(C)C(C)C)Cc1ccccc1CN. The van der Waals surface area contributed by atoms with Crippen LogP contribution in [0, 0.1) is 5.92 Å². The van der Waals surface area contributed by atoms with Crippen LogP contribution in [0.15, 0.2) is 24.3 Å². The number of rotatable bonds is 8. The molecule has 21 heavy (non-hydrogen) atoms. The van der Waals surface area contributed by atoms with E-state index in [-0.39, 0.29) is 11.9 Å². The number of amides is 1. The molecular formula is C17H29N3O. The van der Waals surface area contributed by atoms with E-state index in [1.807, 2.05) is 25.1 Å². The van der Waals surface area contributed by atoms with Crippen molar-refractivity contribution < 1.29 is 4.79 Å². The maximum Gasteiger partial charge on any atom is 0.234 e. The Kier molecular flexibility index (Phi) is 7.40. The topological polar surface area (TPSA) is 58.4 Å². The highest BCUT2D eigenvalue weighted by Crippen LogP contribution is 2.11. The van der Waals surface area contributed by atoms with E-state index in [2.05, 4.69) is 37.1 Å². The van der Waals surface area contributed by atoms with Gasteiger partial charge in [0.1, 0.15) is 0 Å². The van der Waals surface area contributed by atoms with Crippen molar-refractivity contribution in [3.05, 3.63) is 35.4 Å². The minimum Gasteiger partial charge on any atom is -0.352 e. The van der Waals surface area contributed by atoms with Crippen molar-refractivity contribution in [1.82, 2.24) is 10.2 Å². The maximum absolute atomic E-state index is 12.1. The lowest BCUT2D eigenvalue weighted by Gasteiger charge is -2.23. The molecule has 0 aromatic heterocycles. The van der Waals surface area contributed by atoms with Crippen molar-refractivity contribution in [3.63, 3.8) is 0 Å². The molecule has 0 fully saturated rings. The first-order valence-electron chi connectivity index (χ1n) is 7.76. The van der Waals surface area contributed by atoms with E-state index in [4.69, 9.17) is 5.73 Å². The molecule has 0 bridgehead atoms. The Balaban J connectivity index is 2.61. The van der Waals surface area contributed by atoms with Crippen molar-refractivity contribution in [2.24, 2.45) is 11.7 Å². The van der Waals surface area contributed by atoms with Gasteiger partial charge in [0.2, 0.25) is 5.91 Å². The van der Waals surface area contributed by atoms with Crippen LogP contribution in [0.3, 0.4) is 0 Å². The summed E-state index contributed by atoms with van der Waals surface area (Å²) in [6, 6.07) is 8.35. The van der Waals surface area contributed by atoms with Crippen molar-refractivity contribution in [1.29, 1.82) is 0 Å². The second kappa shape index (κ2) is 8.80. The van der Waals surface area contributed by atoms with Gasteiger partial charge in [0.15, 0.2) is 0 Å². The molecule has 0 saturated heterocycles. The number of nitrogens with zero attached hydrogens (tertiary/aromatic N) is 1. The Hall–Kier alpha value is -1.39. The third-order valence-corrected chi connectivity index (χ3v) is 3.94. The van der Waals surface area contributed by atoms with Crippen LogP contribution in [0.2, 0.25) is 0 Å². The normalized spacial score (nSPS) is 12.7. The molecule has 0 aliphatic heterocycles. The number of benzene rings is 1. The first-order chi connectivity index (χ1) is 9.97. The number of likely N-dealkylation sites (N-methyl/N-ethyl adjacent to an activating group) is 1. The molecule has 0 radical (unpaired) electrons. The van der Waals surface area contributed by atoms with E-state index in [0.717, 1.165) is 18.7 Å². The monoisotopic (exact) mass is 291 g/mol. The molecule has 4 heteroatoms. The second-order valence-corrected chi connectivity index (χ2v) is 5.88. The van der Waals surface area contributed by atoms with Crippen LogP contribution in [-0.2, 0) is 17.9 Å². The van der Waals surface area contributed by atoms with E-state index in [1.54, 1.807) is 0 Å². The van der Waals surface area contributed by atoms with E-state index < -0.39 is 0 Å². The molecule has 0 heterocycles. The summed E-state index contributed by atoms with van der Waals surface area (Å²) in [5.74, 6) is 0.533. The molecule has 0 aliphatic carbocycles. The van der Waals surface area contributed by atoms with Crippen molar-refractivity contribution in [2.75, 3.05) is 13.1 Å². The molecule has 1 amide bonds. The zero-order chi connectivity index (χ0) is 15.8. The number of hydrogen-bond acceptors (Lipinski definition) is 3. The van der Waals surface area contributed by atoms with Crippen molar-refractivity contribution in [2.45, 2.75) is 46.8 Å². The summed E-state index contributed by atoms with van der Waals surface area (Å²) < 4.78 is 0. The third-order valence-electron chi connectivity index (χ3n) is 3.94. The standard InChI is InChI=1S/C17H29N3O/c1-5-20(12-17(21)19-14(4)13(2)3)11-16-9-7-6-8-15(16)10-18/h6-9,13-14H,5,10-12,18H2,1-4H3,(H,19,21). The first-order valence-corrected chi connectivity index (χ1v) is 7.76. The van der Waals surface area contributed by atoms with Gasteiger partial charge in [-0.2, -0.15) is 0 Å². The van der Waals surface area contributed by atoms with Gasteiger partial charge in [0, 0.05) is 19.1 Å². The van der Waals surface area contributed by atoms with Gasteiger partial charge >= 0.3 is 0 Å². The summed E-state index contributed by atoms with van der Waals surface area (Å²) in [6.07, 6.45) is 0. The molecule has 1 atom stereocenters. The molecule has 1 aromatic carbocycles. The molecule has 0 saturated carbocycles. The molecule has 1 aromatic rings. The molecule has 1 unspecified atom stereocenters. The molecule has 4 nitrogen and oxygen atoms in total. The number of nitrogens with one attached hydrogen (secondary N) is 1. The van der Waals surface area contributed by atoms with E-state index >= 15 is 0 Å². The zero-order valence-electron chi connectivity index (χ0n) is 13.7. The van der Waals surface area contributed by atoms with Crippen molar-refractivity contribution in [3.8, 4) is 0 Å². The Labute approximate surface area is 128 Å². The summed E-state index contributed by atoms with van der Waals surface area (Å²) in [5.41, 5.74) is 8.12. The molecule has 0 spiro atoms. The van der Waals surface area contributed by atoms with Gasteiger partial charge in [-0.1, -0.05) is 45.0 Å². The second-order valence-electron chi connectivity index (χ2n) is 5.88. The minimum atomic E-state index is 0.0864. The molecule has 3 N–H and O–H groups in total. The van der Waals surface area contributed by atoms with Gasteiger partial charge in [0.25, 0.3) is 0 Å². The summed E-state index contributed by atoms with van der Waals surface area (Å²) in [4.78, 5) is 14.2. The number of hydrogen-bond donors (Lipinski definition) is 2. The van der Waals surface area contributed by atoms with Crippen LogP contribution in [0.1, 0.15) is 38.8 Å². The van der Waals surface area contributed by atoms with Crippen molar-refractivity contribution >= 4 is 5.91 Å². The van der Waals surface area contributed by atoms with Crippen LogP contribution in [0.5, 0.6) is 0 Å². The molecule has 1 rings (SSSR count). The fraction of sp³-hybridized carbons (Fsp3) is 0.588. The van der Waals surface area contributed by atoms with Crippen LogP contribution >= 0.6 is 0 Å². The number of carbonyl (C=O) groups excluding carboxylic acids is 1. The first kappa shape index (κ1) is 17.7. The Bertz CT molecular complexity index is 445. The smallest absolute Gasteiger partial charge is 0.234 e. The lowest BCUT2D eigenvalue weighted by atomic mass is 10.1. The summed E-state index contributed by atoms with van der Waals surface area (Å²) in [6.45, 7) is 10.9. The van der Waals surface area contributed by atoms with Gasteiger partial charge in [-0.15, -0.1) is 0 Å². The van der Waals surface area contributed by atoms with Gasteiger partial charge < -0.3 is 11.1 Å². The Morgan fingerprint density at radius 2 is 1.86 bits per heavy atom. The summed E-state index contributed by atoms with van der Waals surface area (Å²) in [7, 11) is 0. The van der Waals surface area contributed by atoms with Gasteiger partial charge in [-0.25, -0.2) is 0 Å². The predicted octanol–water partition coefficient (Wildman–Crippen LogP) is 2.13. The Morgan fingerprint density at radius 3 is 2.38 bits per heavy atom. The van der Waals surface area contributed by atoms with Gasteiger partial charge in [-0.05, 0) is 30.5 Å². The van der Waals surface area contributed by atoms with Crippen LogP contribution in [-0.4, -0.2) is 29.9 Å². The maximum atomic E-state index is 12.1. The average Bonchev–Trinajstić information content (AvgIpc) is 2.46. The minimum absolute atomic E-state index is 0.0864. The average molecular weight is 291 g/mol. The molecular weight excluding hydrogens is 262 g/mol. The molecule has 118 valence electrons. The van der Waals surface area contributed by atoms with Gasteiger partial charge in [-0.3, -0.25) is 9.69 Å². The molecule has 0 aliphatic rings. The predicted molar refractivity (Wildman–Crippen MR) is 87.7 cm³/mol. The van der Waals surface area contributed by atoms with E-state index in [0.29, 0.717) is 19.0 Å². The summed E-state index contributed by atoms with van der Waals surface area (Å²) in [5, 5.41) is 3.05. The fourth-order valence-corrected chi connectivity index (χ4v) is 2.10. The zero-order valence-corrected chi connectivity index (χ0v) is 13.7. The van der Waals surface area contributed by atoms with Crippen LogP contribution < -0.4 is 11.1 Å². The number of carbonyl (C=O) groups is 1. The quantitative estimate of drug-likeness (QED) is 0.771. The van der Waals surface area contributed by atoms with Crippen LogP contribution in [0.25, 0.3) is 0 Å². The van der Waals surface area contributed by atoms with E-state index in [1.165, 1.54) is 5.56 Å². The third kappa shape index (κ3) is 5.86. The highest BCUT2D eigenvalue weighted by Gasteiger charge is 2.14. The van der Waals surface area contributed by atoms with Gasteiger partial charge in [0.05, 0.1) is 6.54 Å². The lowest BCUT2D eigenvalue weighted by Crippen LogP contribution is -2.42. The highest BCUT2D eigenvalue weighted by atomic mass is 16.2. The van der Waals surface area contributed by atoms with E-state index in [9.17, 15) is 4.79 Å². The Morgan fingerprint density at radius 1 is 1.24 bits per heavy atom. The van der Waals surface area contributed by atoms with Crippen LogP contribution in [0.4, 0.5) is 0 Å². The lowest BCUT2D eigenvalue weighted by molar-refractivity contribution is -0.123. The summed E-state index contributed by atoms with van der Waals surface area (Å²) >= 11 is 0.